The first-order chi connectivity index (χ1) is 9.83. The van der Waals surface area contributed by atoms with Gasteiger partial charge in [-0.15, -0.1) is 11.3 Å². The van der Waals surface area contributed by atoms with Gasteiger partial charge in [0.25, 0.3) is 0 Å². The Morgan fingerprint density at radius 1 is 0.950 bits per heavy atom. The van der Waals surface area contributed by atoms with E-state index >= 15 is 0 Å². The first kappa shape index (κ1) is 17.7. The van der Waals surface area contributed by atoms with Gasteiger partial charge in [-0.3, -0.25) is 0 Å². The van der Waals surface area contributed by atoms with Gasteiger partial charge in [-0.05, 0) is 30.7 Å². The Hall–Kier alpha value is -0.340. The monoisotopic (exact) mass is 295 g/mol. The van der Waals surface area contributed by atoms with Crippen LogP contribution in [0.3, 0.4) is 0 Å². The Bertz CT molecular complexity index is 294. The van der Waals surface area contributed by atoms with E-state index in [0.29, 0.717) is 6.04 Å². The minimum absolute atomic E-state index is 0.404. The molecule has 0 saturated heterocycles. The molecule has 0 spiro atoms. The fourth-order valence-electron chi connectivity index (χ4n) is 2.64. The molecular formula is C18H33NS. The van der Waals surface area contributed by atoms with E-state index in [1.165, 1.54) is 69.1 Å². The van der Waals surface area contributed by atoms with Gasteiger partial charge in [-0.1, -0.05) is 70.8 Å². The number of unbranched alkanes of at least 4 members (excludes halogenated alkanes) is 8. The van der Waals surface area contributed by atoms with Gasteiger partial charge in [-0.2, -0.15) is 0 Å². The second-order valence-electron chi connectivity index (χ2n) is 6.00. The molecule has 116 valence electrons. The Morgan fingerprint density at radius 3 is 2.20 bits per heavy atom. The Labute approximate surface area is 130 Å². The van der Waals surface area contributed by atoms with Crippen LogP contribution >= 0.6 is 11.3 Å². The van der Waals surface area contributed by atoms with E-state index in [4.69, 9.17) is 5.73 Å². The van der Waals surface area contributed by atoms with Crippen molar-refractivity contribution in [3.63, 3.8) is 0 Å². The maximum absolute atomic E-state index is 6.19. The van der Waals surface area contributed by atoms with Crippen LogP contribution in [0.4, 0.5) is 0 Å². The number of aryl methyl sites for hydroxylation is 1. The minimum atomic E-state index is 0.404. The molecule has 0 amide bonds. The van der Waals surface area contributed by atoms with Crippen molar-refractivity contribution >= 4 is 11.3 Å². The van der Waals surface area contributed by atoms with E-state index in [1.54, 1.807) is 0 Å². The minimum Gasteiger partial charge on any atom is -0.328 e. The van der Waals surface area contributed by atoms with E-state index in [2.05, 4.69) is 24.4 Å². The lowest BCUT2D eigenvalue weighted by Crippen LogP contribution is -2.20. The topological polar surface area (TPSA) is 26.0 Å². The summed E-state index contributed by atoms with van der Waals surface area (Å²) in [6.45, 7) is 2.28. The van der Waals surface area contributed by atoms with Crippen molar-refractivity contribution < 1.29 is 0 Å². The highest BCUT2D eigenvalue weighted by atomic mass is 32.1. The summed E-state index contributed by atoms with van der Waals surface area (Å²) in [6, 6.07) is 4.75. The summed E-state index contributed by atoms with van der Waals surface area (Å²) in [4.78, 5) is 1.48. The Kier molecular flexibility index (Phi) is 11.0. The molecule has 2 heteroatoms. The van der Waals surface area contributed by atoms with Crippen molar-refractivity contribution in [1.82, 2.24) is 0 Å². The van der Waals surface area contributed by atoms with Crippen LogP contribution in [0.5, 0.6) is 0 Å². The first-order valence-corrected chi connectivity index (χ1v) is 9.49. The molecule has 0 aliphatic heterocycles. The number of nitrogens with two attached hydrogens (primary N) is 1. The van der Waals surface area contributed by atoms with Crippen LogP contribution < -0.4 is 5.73 Å². The van der Waals surface area contributed by atoms with Crippen LogP contribution in [0, 0.1) is 0 Å². The van der Waals surface area contributed by atoms with Crippen LogP contribution in [0.1, 0.15) is 82.4 Å². The highest BCUT2D eigenvalue weighted by Crippen LogP contribution is 2.15. The fourth-order valence-corrected chi connectivity index (χ4v) is 3.37. The fraction of sp³-hybridized carbons (Fsp3) is 0.778. The predicted molar refractivity (Wildman–Crippen MR) is 92.5 cm³/mol. The summed E-state index contributed by atoms with van der Waals surface area (Å²) in [6.07, 6.45) is 16.1. The third kappa shape index (κ3) is 9.55. The van der Waals surface area contributed by atoms with Crippen molar-refractivity contribution in [1.29, 1.82) is 0 Å². The molecule has 1 aromatic heterocycles. The lowest BCUT2D eigenvalue weighted by molar-refractivity contribution is 0.507. The van der Waals surface area contributed by atoms with Gasteiger partial charge in [0.2, 0.25) is 0 Å². The van der Waals surface area contributed by atoms with Crippen molar-refractivity contribution in [3.05, 3.63) is 22.4 Å². The molecule has 1 aromatic rings. The number of rotatable bonds is 13. The quantitative estimate of drug-likeness (QED) is 0.448. The second kappa shape index (κ2) is 12.4. The molecule has 0 aliphatic rings. The van der Waals surface area contributed by atoms with E-state index in [-0.39, 0.29) is 0 Å². The van der Waals surface area contributed by atoms with Gasteiger partial charge >= 0.3 is 0 Å². The molecule has 1 rings (SSSR count). The lowest BCUT2D eigenvalue weighted by Gasteiger charge is -2.10. The first-order valence-electron chi connectivity index (χ1n) is 8.61. The largest absolute Gasteiger partial charge is 0.328 e. The summed E-state index contributed by atoms with van der Waals surface area (Å²) < 4.78 is 0. The molecule has 1 unspecified atom stereocenters. The van der Waals surface area contributed by atoms with Gasteiger partial charge in [-0.25, -0.2) is 0 Å². The molecule has 0 saturated carbocycles. The van der Waals surface area contributed by atoms with E-state index in [0.717, 1.165) is 12.8 Å². The predicted octanol–water partition coefficient (Wildman–Crippen LogP) is 5.93. The van der Waals surface area contributed by atoms with Crippen molar-refractivity contribution in [2.45, 2.75) is 90.0 Å². The maximum Gasteiger partial charge on any atom is 0.00458 e. The second-order valence-corrected chi connectivity index (χ2v) is 7.03. The molecule has 1 atom stereocenters. The Morgan fingerprint density at radius 2 is 1.60 bits per heavy atom. The molecule has 0 aromatic carbocycles. The third-order valence-electron chi connectivity index (χ3n) is 4.02. The van der Waals surface area contributed by atoms with Crippen molar-refractivity contribution in [2.24, 2.45) is 5.73 Å². The van der Waals surface area contributed by atoms with E-state index in [9.17, 15) is 0 Å². The molecule has 0 bridgehead atoms. The summed E-state index contributed by atoms with van der Waals surface area (Å²) in [5.74, 6) is 0. The smallest absolute Gasteiger partial charge is 0.00458 e. The molecule has 0 aliphatic carbocycles. The van der Waals surface area contributed by atoms with Gasteiger partial charge in [0.15, 0.2) is 0 Å². The third-order valence-corrected chi connectivity index (χ3v) is 4.96. The number of hydrogen-bond acceptors (Lipinski definition) is 2. The van der Waals surface area contributed by atoms with Crippen LogP contribution in [-0.4, -0.2) is 6.04 Å². The normalized spacial score (nSPS) is 12.7. The van der Waals surface area contributed by atoms with Crippen LogP contribution in [0.2, 0.25) is 0 Å². The van der Waals surface area contributed by atoms with Crippen molar-refractivity contribution in [2.75, 3.05) is 0 Å². The van der Waals surface area contributed by atoms with Crippen molar-refractivity contribution in [3.8, 4) is 0 Å². The van der Waals surface area contributed by atoms with Gasteiger partial charge < -0.3 is 5.73 Å². The van der Waals surface area contributed by atoms with Crippen LogP contribution in [-0.2, 0) is 6.42 Å². The summed E-state index contributed by atoms with van der Waals surface area (Å²) in [7, 11) is 0. The molecule has 2 N–H and O–H groups in total. The van der Waals surface area contributed by atoms with Gasteiger partial charge in [0, 0.05) is 10.9 Å². The highest BCUT2D eigenvalue weighted by molar-refractivity contribution is 7.09. The van der Waals surface area contributed by atoms with E-state index in [1.807, 2.05) is 11.3 Å². The maximum atomic E-state index is 6.19. The van der Waals surface area contributed by atoms with Gasteiger partial charge in [0.1, 0.15) is 0 Å². The number of thiophene rings is 1. The lowest BCUT2D eigenvalue weighted by atomic mass is 10.0. The average molecular weight is 296 g/mol. The zero-order valence-corrected chi connectivity index (χ0v) is 14.1. The highest BCUT2D eigenvalue weighted by Gasteiger charge is 2.03. The zero-order valence-electron chi connectivity index (χ0n) is 13.3. The molecule has 0 radical (unpaired) electrons. The summed E-state index contributed by atoms with van der Waals surface area (Å²) in [5, 5.41) is 2.15. The molecular weight excluding hydrogens is 262 g/mol. The summed E-state index contributed by atoms with van der Waals surface area (Å²) >= 11 is 1.85. The van der Waals surface area contributed by atoms with E-state index < -0.39 is 0 Å². The molecule has 1 nitrogen and oxygen atoms in total. The standard InChI is InChI=1S/C18H33NS/c1-2-3-4-5-6-7-8-9-10-12-17(19)14-15-18-13-11-16-20-18/h11,13,16-17H,2-10,12,14-15,19H2,1H3. The zero-order chi connectivity index (χ0) is 14.5. The number of hydrogen-bond donors (Lipinski definition) is 1. The summed E-state index contributed by atoms with van der Waals surface area (Å²) in [5.41, 5.74) is 6.19. The van der Waals surface area contributed by atoms with Gasteiger partial charge in [0.05, 0.1) is 0 Å². The average Bonchev–Trinajstić information content (AvgIpc) is 2.96. The molecule has 20 heavy (non-hydrogen) atoms. The van der Waals surface area contributed by atoms with Crippen LogP contribution in [0.25, 0.3) is 0 Å². The Balaban J connectivity index is 1.83. The molecule has 1 heterocycles. The van der Waals surface area contributed by atoms with Crippen LogP contribution in [0.15, 0.2) is 17.5 Å². The molecule has 0 fully saturated rings. The SMILES string of the molecule is CCCCCCCCCCCC(N)CCc1cccs1.